The molecule has 2 rings (SSSR count). The first-order valence-corrected chi connectivity index (χ1v) is 7.89. The molecule has 2 aromatic rings. The number of hydrogen-bond donors (Lipinski definition) is 1. The highest BCUT2D eigenvalue weighted by molar-refractivity contribution is 7.98. The smallest absolute Gasteiger partial charge is 0.254 e. The van der Waals surface area contributed by atoms with Gasteiger partial charge in [-0.25, -0.2) is 4.98 Å². The number of carbonyl (C=O) groups is 1. The average molecular weight is 305 g/mol. The zero-order chi connectivity index (χ0) is 15.2. The normalized spacial score (nSPS) is 10.6. The highest BCUT2D eigenvalue weighted by atomic mass is 32.2. The van der Waals surface area contributed by atoms with Crippen LogP contribution in [0.5, 0.6) is 0 Å². The molecule has 2 heterocycles. The van der Waals surface area contributed by atoms with E-state index in [-0.39, 0.29) is 5.91 Å². The number of aromatic nitrogens is 2. The quantitative estimate of drug-likeness (QED) is 0.830. The second kappa shape index (κ2) is 7.26. The molecule has 2 aromatic heterocycles. The number of nitrogens with one attached hydrogen (secondary N) is 1. The predicted octanol–water partition coefficient (Wildman–Crippen LogP) is 3.12. The number of nitrogens with zero attached hydrogens (tertiary/aromatic N) is 2. The third-order valence-electron chi connectivity index (χ3n) is 3.09. The summed E-state index contributed by atoms with van der Waals surface area (Å²) in [6.07, 6.45) is 2.61. The van der Waals surface area contributed by atoms with Gasteiger partial charge in [-0.05, 0) is 32.4 Å². The first-order chi connectivity index (χ1) is 10.1. The molecule has 0 atom stereocenters. The largest absolute Gasteiger partial charge is 0.361 e. The molecular formula is C15H19N3O2S. The molecule has 0 unspecified atom stereocenters. The van der Waals surface area contributed by atoms with Crippen molar-refractivity contribution in [2.24, 2.45) is 0 Å². The molecule has 5 nitrogen and oxygen atoms in total. The number of amides is 1. The maximum Gasteiger partial charge on any atom is 0.254 e. The first-order valence-electron chi connectivity index (χ1n) is 6.91. The van der Waals surface area contributed by atoms with Gasteiger partial charge in [-0.3, -0.25) is 4.79 Å². The maximum absolute atomic E-state index is 12.1. The second-order valence-electron chi connectivity index (χ2n) is 4.70. The zero-order valence-electron chi connectivity index (χ0n) is 12.5. The van der Waals surface area contributed by atoms with Crippen LogP contribution in [-0.2, 0) is 5.75 Å². The summed E-state index contributed by atoms with van der Waals surface area (Å²) in [5, 5.41) is 7.55. The number of thioether (sulfide) groups is 1. The molecule has 0 aliphatic rings. The van der Waals surface area contributed by atoms with E-state index >= 15 is 0 Å². The van der Waals surface area contributed by atoms with Gasteiger partial charge in [0, 0.05) is 24.1 Å². The van der Waals surface area contributed by atoms with E-state index < -0.39 is 0 Å². The summed E-state index contributed by atoms with van der Waals surface area (Å²) in [6.45, 7) is 6.50. The van der Waals surface area contributed by atoms with Crippen molar-refractivity contribution in [1.82, 2.24) is 15.5 Å². The fraction of sp³-hybridized carbons (Fsp3) is 0.400. The third kappa shape index (κ3) is 3.85. The Labute approximate surface area is 128 Å². The Hall–Kier alpha value is -1.82. The van der Waals surface area contributed by atoms with E-state index in [1.165, 1.54) is 11.8 Å². The number of rotatable bonds is 6. The van der Waals surface area contributed by atoms with Crippen LogP contribution < -0.4 is 5.32 Å². The molecule has 0 saturated heterocycles. The fourth-order valence-corrected chi connectivity index (χ4v) is 3.01. The predicted molar refractivity (Wildman–Crippen MR) is 82.4 cm³/mol. The molecule has 0 aliphatic carbocycles. The van der Waals surface area contributed by atoms with Gasteiger partial charge in [0.05, 0.1) is 11.3 Å². The Morgan fingerprint density at radius 3 is 2.90 bits per heavy atom. The van der Waals surface area contributed by atoms with E-state index in [1.807, 2.05) is 20.8 Å². The van der Waals surface area contributed by atoms with Gasteiger partial charge in [-0.2, -0.15) is 0 Å². The molecule has 112 valence electrons. The molecule has 1 amide bonds. The average Bonchev–Trinajstić information content (AvgIpc) is 2.82. The van der Waals surface area contributed by atoms with Crippen molar-refractivity contribution in [3.63, 3.8) is 0 Å². The lowest BCUT2D eigenvalue weighted by atomic mass is 10.2. The topological polar surface area (TPSA) is 68.0 Å². The SMILES string of the molecule is CCCNC(=O)c1cccnc1SCc1c(C)noc1C. The first kappa shape index (κ1) is 15.6. The van der Waals surface area contributed by atoms with Crippen LogP contribution in [0.25, 0.3) is 0 Å². The van der Waals surface area contributed by atoms with Crippen LogP contribution in [0, 0.1) is 13.8 Å². The molecule has 0 spiro atoms. The molecule has 21 heavy (non-hydrogen) atoms. The lowest BCUT2D eigenvalue weighted by Crippen LogP contribution is -2.24. The fourth-order valence-electron chi connectivity index (χ4n) is 1.86. The van der Waals surface area contributed by atoms with Gasteiger partial charge in [-0.15, -0.1) is 11.8 Å². The van der Waals surface area contributed by atoms with Crippen LogP contribution in [0.3, 0.4) is 0 Å². The second-order valence-corrected chi connectivity index (χ2v) is 5.67. The van der Waals surface area contributed by atoms with Crippen molar-refractivity contribution in [3.05, 3.63) is 40.9 Å². The summed E-state index contributed by atoms with van der Waals surface area (Å²) in [5.41, 5.74) is 2.56. The summed E-state index contributed by atoms with van der Waals surface area (Å²) >= 11 is 1.52. The van der Waals surface area contributed by atoms with Crippen LogP contribution in [0.15, 0.2) is 27.9 Å². The van der Waals surface area contributed by atoms with Crippen molar-refractivity contribution in [1.29, 1.82) is 0 Å². The maximum atomic E-state index is 12.1. The van der Waals surface area contributed by atoms with E-state index in [9.17, 15) is 4.79 Å². The Bertz CT molecular complexity index is 606. The number of carbonyl (C=O) groups excluding carboxylic acids is 1. The Balaban J connectivity index is 2.12. The van der Waals surface area contributed by atoms with Crippen LogP contribution >= 0.6 is 11.8 Å². The molecule has 0 bridgehead atoms. The van der Waals surface area contributed by atoms with E-state index in [0.29, 0.717) is 17.9 Å². The summed E-state index contributed by atoms with van der Waals surface area (Å²) in [5.74, 6) is 1.42. The van der Waals surface area contributed by atoms with E-state index in [1.54, 1.807) is 18.3 Å². The summed E-state index contributed by atoms with van der Waals surface area (Å²) in [7, 11) is 0. The summed E-state index contributed by atoms with van der Waals surface area (Å²) < 4.78 is 5.15. The van der Waals surface area contributed by atoms with Gasteiger partial charge in [0.1, 0.15) is 10.8 Å². The molecule has 0 radical (unpaired) electrons. The van der Waals surface area contributed by atoms with Crippen LogP contribution in [0.2, 0.25) is 0 Å². The summed E-state index contributed by atoms with van der Waals surface area (Å²) in [6, 6.07) is 3.58. The lowest BCUT2D eigenvalue weighted by molar-refractivity contribution is 0.0950. The van der Waals surface area contributed by atoms with Gasteiger partial charge >= 0.3 is 0 Å². The standard InChI is InChI=1S/C15H19N3O2S/c1-4-7-16-14(19)12-6-5-8-17-15(12)21-9-13-10(2)18-20-11(13)3/h5-6,8H,4,7,9H2,1-3H3,(H,16,19). The van der Waals surface area contributed by atoms with Crippen molar-refractivity contribution in [2.75, 3.05) is 6.54 Å². The van der Waals surface area contributed by atoms with Gasteiger partial charge in [-0.1, -0.05) is 12.1 Å². The van der Waals surface area contributed by atoms with Crippen molar-refractivity contribution in [2.45, 2.75) is 38.0 Å². The monoisotopic (exact) mass is 305 g/mol. The molecule has 0 fully saturated rings. The van der Waals surface area contributed by atoms with Gasteiger partial charge in [0.25, 0.3) is 5.91 Å². The molecule has 0 saturated carbocycles. The highest BCUT2D eigenvalue weighted by Crippen LogP contribution is 2.27. The number of aryl methyl sites for hydroxylation is 2. The van der Waals surface area contributed by atoms with Crippen molar-refractivity contribution < 1.29 is 9.32 Å². The van der Waals surface area contributed by atoms with Gasteiger partial charge in [0.2, 0.25) is 0 Å². The van der Waals surface area contributed by atoms with Crippen LogP contribution in [-0.4, -0.2) is 22.6 Å². The van der Waals surface area contributed by atoms with Crippen molar-refractivity contribution in [3.8, 4) is 0 Å². The minimum atomic E-state index is -0.0776. The van der Waals surface area contributed by atoms with Crippen LogP contribution in [0.1, 0.15) is 40.7 Å². The molecule has 0 aliphatic heterocycles. The Morgan fingerprint density at radius 1 is 1.43 bits per heavy atom. The van der Waals surface area contributed by atoms with E-state index in [4.69, 9.17) is 4.52 Å². The Kier molecular flexibility index (Phi) is 5.38. The number of hydrogen-bond acceptors (Lipinski definition) is 5. The van der Waals surface area contributed by atoms with Crippen molar-refractivity contribution >= 4 is 17.7 Å². The lowest BCUT2D eigenvalue weighted by Gasteiger charge is -2.08. The molecule has 1 N–H and O–H groups in total. The van der Waals surface area contributed by atoms with Gasteiger partial charge < -0.3 is 9.84 Å². The van der Waals surface area contributed by atoms with Crippen LogP contribution in [0.4, 0.5) is 0 Å². The highest BCUT2D eigenvalue weighted by Gasteiger charge is 2.15. The minimum Gasteiger partial charge on any atom is -0.361 e. The molecular weight excluding hydrogens is 286 g/mol. The Morgan fingerprint density at radius 2 is 2.24 bits per heavy atom. The summed E-state index contributed by atoms with van der Waals surface area (Å²) in [4.78, 5) is 16.4. The molecule has 0 aromatic carbocycles. The van der Waals surface area contributed by atoms with Gasteiger partial charge in [0.15, 0.2) is 0 Å². The van der Waals surface area contributed by atoms with E-state index in [0.717, 1.165) is 28.5 Å². The van der Waals surface area contributed by atoms with E-state index in [2.05, 4.69) is 15.5 Å². The third-order valence-corrected chi connectivity index (χ3v) is 4.12. The zero-order valence-corrected chi connectivity index (χ0v) is 13.3. The number of pyridine rings is 1. The molecule has 6 heteroatoms. The minimum absolute atomic E-state index is 0.0776.